The summed E-state index contributed by atoms with van der Waals surface area (Å²) in [5.74, 6) is 4.09. The van der Waals surface area contributed by atoms with Crippen molar-refractivity contribution in [2.24, 2.45) is 0 Å². The second kappa shape index (κ2) is 4.55. The van der Waals surface area contributed by atoms with Crippen molar-refractivity contribution in [3.63, 3.8) is 0 Å². The zero-order valence-corrected chi connectivity index (χ0v) is 8.96. The van der Waals surface area contributed by atoms with Crippen LogP contribution in [0.3, 0.4) is 0 Å². The van der Waals surface area contributed by atoms with Crippen molar-refractivity contribution in [3.05, 3.63) is 18.2 Å². The third-order valence-electron chi connectivity index (χ3n) is 2.30. The molecule has 1 aromatic heterocycles. The van der Waals surface area contributed by atoms with Crippen molar-refractivity contribution in [2.45, 2.75) is 6.42 Å². The summed E-state index contributed by atoms with van der Waals surface area (Å²) in [6.45, 7) is 2.19. The van der Waals surface area contributed by atoms with E-state index in [0.717, 1.165) is 18.9 Å². The minimum atomic E-state index is 0.611. The molecule has 1 aromatic rings. The summed E-state index contributed by atoms with van der Waals surface area (Å²) in [5, 5.41) is 0. The van der Waals surface area contributed by atoms with Gasteiger partial charge in [-0.2, -0.15) is 11.8 Å². The van der Waals surface area contributed by atoms with Gasteiger partial charge in [0.25, 0.3) is 0 Å². The van der Waals surface area contributed by atoms with Crippen molar-refractivity contribution in [1.82, 2.24) is 4.98 Å². The Hall–Kier alpha value is -0.900. The molecule has 1 saturated heterocycles. The van der Waals surface area contributed by atoms with E-state index in [9.17, 15) is 0 Å². The van der Waals surface area contributed by atoms with E-state index in [0.29, 0.717) is 5.82 Å². The molecule has 76 valence electrons. The molecule has 0 spiro atoms. The molecule has 4 heteroatoms. The summed E-state index contributed by atoms with van der Waals surface area (Å²) in [6.07, 6.45) is 1.24. The lowest BCUT2D eigenvalue weighted by Gasteiger charge is -2.20. The number of nitrogens with zero attached hydrogens (tertiary/aromatic N) is 2. The highest BCUT2D eigenvalue weighted by Gasteiger charge is 2.10. The number of thioether (sulfide) groups is 1. The molecule has 2 rings (SSSR count). The molecule has 0 saturated carbocycles. The second-order valence-electron chi connectivity index (χ2n) is 3.37. The van der Waals surface area contributed by atoms with Gasteiger partial charge in [0.2, 0.25) is 0 Å². The Labute approximate surface area is 88.7 Å². The van der Waals surface area contributed by atoms with Gasteiger partial charge in [-0.15, -0.1) is 0 Å². The number of hydrogen-bond acceptors (Lipinski definition) is 4. The molecule has 3 nitrogen and oxygen atoms in total. The van der Waals surface area contributed by atoms with Gasteiger partial charge in [-0.3, -0.25) is 0 Å². The first-order valence-corrected chi connectivity index (χ1v) is 6.07. The number of rotatable bonds is 1. The van der Waals surface area contributed by atoms with Crippen LogP contribution in [0.15, 0.2) is 18.2 Å². The lowest BCUT2D eigenvalue weighted by atomic mass is 10.3. The molecule has 0 unspecified atom stereocenters. The van der Waals surface area contributed by atoms with Crippen LogP contribution in [0, 0.1) is 0 Å². The van der Waals surface area contributed by atoms with Gasteiger partial charge < -0.3 is 10.6 Å². The molecule has 1 aliphatic rings. The minimum absolute atomic E-state index is 0.611. The molecule has 2 N–H and O–H groups in total. The topological polar surface area (TPSA) is 42.1 Å². The van der Waals surface area contributed by atoms with E-state index in [4.69, 9.17) is 5.73 Å². The lowest BCUT2D eigenvalue weighted by Crippen LogP contribution is -2.26. The monoisotopic (exact) mass is 209 g/mol. The number of nitrogens with two attached hydrogens (primary N) is 1. The Morgan fingerprint density at radius 2 is 2.21 bits per heavy atom. The summed E-state index contributed by atoms with van der Waals surface area (Å²) >= 11 is 2.02. The fourth-order valence-electron chi connectivity index (χ4n) is 1.59. The molecular weight excluding hydrogens is 194 g/mol. The summed E-state index contributed by atoms with van der Waals surface area (Å²) < 4.78 is 0. The highest BCUT2D eigenvalue weighted by Crippen LogP contribution is 2.17. The van der Waals surface area contributed by atoms with Crippen LogP contribution in [-0.4, -0.2) is 29.6 Å². The quantitative estimate of drug-likeness (QED) is 0.763. The van der Waals surface area contributed by atoms with Gasteiger partial charge in [0.15, 0.2) is 0 Å². The van der Waals surface area contributed by atoms with Crippen molar-refractivity contribution < 1.29 is 0 Å². The molecule has 1 aliphatic heterocycles. The molecule has 0 radical (unpaired) electrons. The first kappa shape index (κ1) is 9.65. The van der Waals surface area contributed by atoms with Crippen molar-refractivity contribution >= 4 is 23.4 Å². The van der Waals surface area contributed by atoms with Gasteiger partial charge in [0.1, 0.15) is 11.6 Å². The highest BCUT2D eigenvalue weighted by molar-refractivity contribution is 7.99. The summed E-state index contributed by atoms with van der Waals surface area (Å²) in [4.78, 5) is 6.65. The molecule has 0 bridgehead atoms. The van der Waals surface area contributed by atoms with E-state index in [1.807, 2.05) is 30.0 Å². The normalized spacial score (nSPS) is 17.9. The molecule has 0 aromatic carbocycles. The van der Waals surface area contributed by atoms with Crippen LogP contribution in [-0.2, 0) is 0 Å². The number of anilines is 2. The SMILES string of the molecule is Nc1cccc(N2CCCSCC2)n1. The number of aromatic nitrogens is 1. The first-order chi connectivity index (χ1) is 6.86. The maximum absolute atomic E-state index is 5.66. The zero-order valence-electron chi connectivity index (χ0n) is 8.15. The Kier molecular flexibility index (Phi) is 3.14. The van der Waals surface area contributed by atoms with Crippen molar-refractivity contribution in [2.75, 3.05) is 35.2 Å². The van der Waals surface area contributed by atoms with Gasteiger partial charge in [-0.25, -0.2) is 4.98 Å². The zero-order chi connectivity index (χ0) is 9.80. The predicted octanol–water partition coefficient (Wildman–Crippen LogP) is 1.61. The average Bonchev–Trinajstić information content (AvgIpc) is 2.45. The molecular formula is C10H15N3S. The van der Waals surface area contributed by atoms with E-state index >= 15 is 0 Å². The third kappa shape index (κ3) is 2.32. The van der Waals surface area contributed by atoms with Crippen LogP contribution < -0.4 is 10.6 Å². The van der Waals surface area contributed by atoms with E-state index in [-0.39, 0.29) is 0 Å². The summed E-state index contributed by atoms with van der Waals surface area (Å²) in [5.41, 5.74) is 5.66. The summed E-state index contributed by atoms with van der Waals surface area (Å²) in [6, 6.07) is 5.83. The molecule has 14 heavy (non-hydrogen) atoms. The first-order valence-electron chi connectivity index (χ1n) is 4.91. The minimum Gasteiger partial charge on any atom is -0.384 e. The lowest BCUT2D eigenvalue weighted by molar-refractivity contribution is 0.802. The smallest absolute Gasteiger partial charge is 0.130 e. The predicted molar refractivity (Wildman–Crippen MR) is 62.8 cm³/mol. The van der Waals surface area contributed by atoms with E-state index < -0.39 is 0 Å². The van der Waals surface area contributed by atoms with E-state index in [1.165, 1.54) is 17.9 Å². The standard InChI is InChI=1S/C10H15N3S/c11-9-3-1-4-10(12-9)13-5-2-7-14-8-6-13/h1,3-4H,2,5-8H2,(H2,11,12). The Bertz CT molecular complexity index is 295. The number of pyridine rings is 1. The van der Waals surface area contributed by atoms with Crippen LogP contribution in [0.5, 0.6) is 0 Å². The largest absolute Gasteiger partial charge is 0.384 e. The van der Waals surface area contributed by atoms with Crippen molar-refractivity contribution in [3.8, 4) is 0 Å². The van der Waals surface area contributed by atoms with Crippen LogP contribution in [0.1, 0.15) is 6.42 Å². The third-order valence-corrected chi connectivity index (χ3v) is 3.35. The van der Waals surface area contributed by atoms with Gasteiger partial charge in [0.05, 0.1) is 0 Å². The highest BCUT2D eigenvalue weighted by atomic mass is 32.2. The van der Waals surface area contributed by atoms with Crippen LogP contribution >= 0.6 is 11.8 Å². The molecule has 1 fully saturated rings. The van der Waals surface area contributed by atoms with Gasteiger partial charge in [-0.1, -0.05) is 6.07 Å². The maximum Gasteiger partial charge on any atom is 0.130 e. The van der Waals surface area contributed by atoms with Crippen LogP contribution in [0.2, 0.25) is 0 Å². The Morgan fingerprint density at radius 3 is 3.07 bits per heavy atom. The Morgan fingerprint density at radius 1 is 1.29 bits per heavy atom. The van der Waals surface area contributed by atoms with E-state index in [1.54, 1.807) is 0 Å². The molecule has 0 amide bonds. The molecule has 0 aliphatic carbocycles. The average molecular weight is 209 g/mol. The second-order valence-corrected chi connectivity index (χ2v) is 4.60. The molecule has 0 atom stereocenters. The maximum atomic E-state index is 5.66. The van der Waals surface area contributed by atoms with Crippen molar-refractivity contribution in [1.29, 1.82) is 0 Å². The van der Waals surface area contributed by atoms with Gasteiger partial charge in [-0.05, 0) is 24.3 Å². The van der Waals surface area contributed by atoms with Crippen LogP contribution in [0.25, 0.3) is 0 Å². The van der Waals surface area contributed by atoms with Crippen LogP contribution in [0.4, 0.5) is 11.6 Å². The summed E-state index contributed by atoms with van der Waals surface area (Å²) in [7, 11) is 0. The Balaban J connectivity index is 2.12. The number of nitrogen functional groups attached to an aromatic ring is 1. The number of hydrogen-bond donors (Lipinski definition) is 1. The van der Waals surface area contributed by atoms with Gasteiger partial charge in [0, 0.05) is 18.8 Å². The fourth-order valence-corrected chi connectivity index (χ4v) is 2.48. The van der Waals surface area contributed by atoms with E-state index in [2.05, 4.69) is 9.88 Å². The fraction of sp³-hybridized carbons (Fsp3) is 0.500. The van der Waals surface area contributed by atoms with Gasteiger partial charge >= 0.3 is 0 Å². The molecule has 2 heterocycles.